The number of amides is 1. The van der Waals surface area contributed by atoms with Gasteiger partial charge < -0.3 is 15.2 Å². The second-order valence-electron chi connectivity index (χ2n) is 4.57. The van der Waals surface area contributed by atoms with E-state index in [1.165, 1.54) is 18.2 Å². The highest BCUT2D eigenvalue weighted by Crippen LogP contribution is 2.26. The fourth-order valence-corrected chi connectivity index (χ4v) is 2.15. The molecule has 1 heterocycles. The maximum Gasteiger partial charge on any atom is 0.335 e. The van der Waals surface area contributed by atoms with Crippen LogP contribution in [0.25, 0.3) is 0 Å². The van der Waals surface area contributed by atoms with Gasteiger partial charge in [0.15, 0.2) is 0 Å². The highest BCUT2D eigenvalue weighted by Gasteiger charge is 2.28. The zero-order valence-corrected chi connectivity index (χ0v) is 11.1. The van der Waals surface area contributed by atoms with Crippen molar-refractivity contribution in [1.82, 2.24) is 0 Å². The average Bonchev–Trinajstić information content (AvgIpc) is 2.78. The number of aromatic carboxylic acids is 1. The van der Waals surface area contributed by atoms with Gasteiger partial charge in [0.1, 0.15) is 0 Å². The van der Waals surface area contributed by atoms with Crippen molar-refractivity contribution in [1.29, 1.82) is 0 Å². The van der Waals surface area contributed by atoms with Crippen LogP contribution in [0.15, 0.2) is 18.2 Å². The Labute approximate surface area is 115 Å². The van der Waals surface area contributed by atoms with Crippen molar-refractivity contribution in [2.45, 2.75) is 19.4 Å². The first-order valence-corrected chi connectivity index (χ1v) is 6.30. The van der Waals surface area contributed by atoms with E-state index in [0.29, 0.717) is 23.7 Å². The molecular formula is C13H14ClNO4. The largest absolute Gasteiger partial charge is 0.478 e. The lowest BCUT2D eigenvalue weighted by atomic mass is 10.1. The third-order valence-corrected chi connectivity index (χ3v) is 3.37. The average molecular weight is 284 g/mol. The molecule has 2 unspecified atom stereocenters. The molecule has 2 rings (SSSR count). The first-order chi connectivity index (χ1) is 8.97. The van der Waals surface area contributed by atoms with Crippen LogP contribution in [-0.2, 0) is 9.53 Å². The van der Waals surface area contributed by atoms with E-state index in [1.54, 1.807) is 0 Å². The number of nitrogens with one attached hydrogen (secondary N) is 1. The van der Waals surface area contributed by atoms with Gasteiger partial charge in [-0.3, -0.25) is 4.79 Å². The zero-order chi connectivity index (χ0) is 14.0. The van der Waals surface area contributed by atoms with Crippen LogP contribution in [0.2, 0.25) is 5.02 Å². The predicted octanol–water partition coefficient (Wildman–Crippen LogP) is 2.40. The number of carboxylic acid groups (broad SMARTS) is 1. The summed E-state index contributed by atoms with van der Waals surface area (Å²) in [4.78, 5) is 22.9. The van der Waals surface area contributed by atoms with Gasteiger partial charge in [-0.05, 0) is 31.5 Å². The number of carbonyl (C=O) groups excluding carboxylic acids is 1. The second-order valence-corrected chi connectivity index (χ2v) is 4.97. The number of carboxylic acids is 1. The Morgan fingerprint density at radius 2 is 2.21 bits per heavy atom. The van der Waals surface area contributed by atoms with Crippen LogP contribution in [0.1, 0.15) is 23.7 Å². The third-order valence-electron chi connectivity index (χ3n) is 3.04. The summed E-state index contributed by atoms with van der Waals surface area (Å²) in [5.74, 6) is -1.49. The van der Waals surface area contributed by atoms with Crippen LogP contribution in [0.3, 0.4) is 0 Å². The smallest absolute Gasteiger partial charge is 0.335 e. The molecule has 1 aromatic carbocycles. The third kappa shape index (κ3) is 3.24. The minimum absolute atomic E-state index is 0.0663. The zero-order valence-electron chi connectivity index (χ0n) is 10.4. The van der Waals surface area contributed by atoms with Gasteiger partial charge in [0.25, 0.3) is 0 Å². The van der Waals surface area contributed by atoms with E-state index in [2.05, 4.69) is 5.32 Å². The molecule has 2 N–H and O–H groups in total. The maximum absolute atomic E-state index is 12.0. The van der Waals surface area contributed by atoms with E-state index in [-0.39, 0.29) is 23.5 Å². The lowest BCUT2D eigenvalue weighted by Gasteiger charge is -2.11. The quantitative estimate of drug-likeness (QED) is 0.893. The molecule has 1 aromatic rings. The van der Waals surface area contributed by atoms with Crippen molar-refractivity contribution < 1.29 is 19.4 Å². The summed E-state index contributed by atoms with van der Waals surface area (Å²) >= 11 is 5.94. The number of hydrogen-bond donors (Lipinski definition) is 2. The van der Waals surface area contributed by atoms with Crippen molar-refractivity contribution in [3.05, 3.63) is 28.8 Å². The number of carbonyl (C=O) groups is 2. The van der Waals surface area contributed by atoms with Crippen molar-refractivity contribution in [2.75, 3.05) is 11.9 Å². The van der Waals surface area contributed by atoms with Crippen LogP contribution in [0.4, 0.5) is 5.69 Å². The first kappa shape index (κ1) is 13.8. The van der Waals surface area contributed by atoms with E-state index >= 15 is 0 Å². The Hall–Kier alpha value is -1.59. The molecule has 1 aliphatic rings. The lowest BCUT2D eigenvalue weighted by molar-refractivity contribution is -0.119. The molecule has 0 aliphatic carbocycles. The molecule has 1 aliphatic heterocycles. The molecule has 0 aromatic heterocycles. The molecule has 0 saturated carbocycles. The first-order valence-electron chi connectivity index (χ1n) is 5.92. The molecule has 19 heavy (non-hydrogen) atoms. The highest BCUT2D eigenvalue weighted by molar-refractivity contribution is 6.33. The molecule has 0 spiro atoms. The van der Waals surface area contributed by atoms with Crippen molar-refractivity contribution in [3.63, 3.8) is 0 Å². The van der Waals surface area contributed by atoms with E-state index in [1.807, 2.05) is 6.92 Å². The van der Waals surface area contributed by atoms with Crippen molar-refractivity contribution >= 4 is 29.2 Å². The molecule has 0 bridgehead atoms. The van der Waals surface area contributed by atoms with Gasteiger partial charge in [-0.2, -0.15) is 0 Å². The van der Waals surface area contributed by atoms with Crippen molar-refractivity contribution in [2.24, 2.45) is 5.92 Å². The molecule has 0 radical (unpaired) electrons. The number of hydrogen-bond acceptors (Lipinski definition) is 3. The summed E-state index contributed by atoms with van der Waals surface area (Å²) in [5, 5.41) is 11.9. The van der Waals surface area contributed by atoms with Crippen molar-refractivity contribution in [3.8, 4) is 0 Å². The highest BCUT2D eigenvalue weighted by atomic mass is 35.5. The summed E-state index contributed by atoms with van der Waals surface area (Å²) in [5.41, 5.74) is 0.391. The van der Waals surface area contributed by atoms with Crippen LogP contribution in [-0.4, -0.2) is 29.7 Å². The van der Waals surface area contributed by atoms with Gasteiger partial charge in [0.05, 0.1) is 34.9 Å². The molecular weight excluding hydrogens is 270 g/mol. The summed E-state index contributed by atoms with van der Waals surface area (Å²) in [6, 6.07) is 4.19. The Balaban J connectivity index is 2.12. The molecule has 1 fully saturated rings. The van der Waals surface area contributed by atoms with Gasteiger partial charge in [0.2, 0.25) is 5.91 Å². The lowest BCUT2D eigenvalue weighted by Crippen LogP contribution is -2.23. The number of ether oxygens (including phenoxy) is 1. The Kier molecular flexibility index (Phi) is 4.07. The van der Waals surface area contributed by atoms with Crippen LogP contribution < -0.4 is 5.32 Å². The number of anilines is 1. The normalized spacial score (nSPS) is 22.2. The van der Waals surface area contributed by atoms with E-state index in [4.69, 9.17) is 21.4 Å². The monoisotopic (exact) mass is 283 g/mol. The SMILES string of the molecule is CC1CC(C(=O)Nc2cc(C(=O)O)ccc2Cl)CO1. The van der Waals surface area contributed by atoms with Gasteiger partial charge in [-0.15, -0.1) is 0 Å². The molecule has 1 saturated heterocycles. The van der Waals surface area contributed by atoms with Crippen LogP contribution in [0.5, 0.6) is 0 Å². The van der Waals surface area contributed by atoms with Crippen LogP contribution >= 0.6 is 11.6 Å². The summed E-state index contributed by atoms with van der Waals surface area (Å²) < 4.78 is 5.33. The van der Waals surface area contributed by atoms with E-state index in [0.717, 1.165) is 0 Å². The predicted molar refractivity (Wildman–Crippen MR) is 70.6 cm³/mol. The van der Waals surface area contributed by atoms with Gasteiger partial charge in [0, 0.05) is 0 Å². The molecule has 1 amide bonds. The Morgan fingerprint density at radius 1 is 1.47 bits per heavy atom. The molecule has 102 valence electrons. The van der Waals surface area contributed by atoms with Crippen LogP contribution in [0, 0.1) is 5.92 Å². The van der Waals surface area contributed by atoms with E-state index < -0.39 is 5.97 Å². The van der Waals surface area contributed by atoms with Gasteiger partial charge in [-0.1, -0.05) is 11.6 Å². The number of halogens is 1. The topological polar surface area (TPSA) is 75.6 Å². The minimum Gasteiger partial charge on any atom is -0.478 e. The standard InChI is InChI=1S/C13H14ClNO4/c1-7-4-9(6-19-7)12(16)15-11-5-8(13(17)18)2-3-10(11)14/h2-3,5,7,9H,4,6H2,1H3,(H,15,16)(H,17,18). The summed E-state index contributed by atoms with van der Waals surface area (Å²) in [6.45, 7) is 2.29. The fraction of sp³-hybridized carbons (Fsp3) is 0.385. The number of benzene rings is 1. The number of rotatable bonds is 3. The molecule has 2 atom stereocenters. The Bertz CT molecular complexity index is 517. The Morgan fingerprint density at radius 3 is 2.79 bits per heavy atom. The fourth-order valence-electron chi connectivity index (χ4n) is 1.99. The second kappa shape index (κ2) is 5.59. The maximum atomic E-state index is 12.0. The van der Waals surface area contributed by atoms with Gasteiger partial charge in [-0.25, -0.2) is 4.79 Å². The molecule has 6 heteroatoms. The minimum atomic E-state index is -1.06. The van der Waals surface area contributed by atoms with Gasteiger partial charge >= 0.3 is 5.97 Å². The summed E-state index contributed by atoms with van der Waals surface area (Å²) in [6.07, 6.45) is 0.721. The van der Waals surface area contributed by atoms with E-state index in [9.17, 15) is 9.59 Å². The molecule has 5 nitrogen and oxygen atoms in total. The summed E-state index contributed by atoms with van der Waals surface area (Å²) in [7, 11) is 0.